The number of ether oxygens (including phenoxy) is 1. The van der Waals surface area contributed by atoms with Crippen LogP contribution in [0.3, 0.4) is 0 Å². The SMILES string of the molecule is COCC12CCC(CC1)N2. The zero-order chi connectivity index (χ0) is 7.03. The van der Waals surface area contributed by atoms with Gasteiger partial charge in [-0.15, -0.1) is 0 Å². The van der Waals surface area contributed by atoms with E-state index in [1.54, 1.807) is 7.11 Å². The fraction of sp³-hybridized carbons (Fsp3) is 1.00. The monoisotopic (exact) mass is 141 g/mol. The summed E-state index contributed by atoms with van der Waals surface area (Å²) in [6.07, 6.45) is 5.38. The first-order valence-corrected chi connectivity index (χ1v) is 4.11. The third-order valence-electron chi connectivity index (χ3n) is 2.87. The third kappa shape index (κ3) is 0.867. The molecule has 2 bridgehead atoms. The van der Waals surface area contributed by atoms with Gasteiger partial charge in [-0.3, -0.25) is 0 Å². The Morgan fingerprint density at radius 1 is 1.50 bits per heavy atom. The smallest absolute Gasteiger partial charge is 0.0644 e. The molecule has 10 heavy (non-hydrogen) atoms. The molecule has 2 fully saturated rings. The quantitative estimate of drug-likeness (QED) is 0.617. The van der Waals surface area contributed by atoms with Crippen molar-refractivity contribution in [3.05, 3.63) is 0 Å². The number of methoxy groups -OCH3 is 1. The van der Waals surface area contributed by atoms with Crippen molar-refractivity contribution in [1.29, 1.82) is 0 Å². The van der Waals surface area contributed by atoms with Crippen molar-refractivity contribution in [3.63, 3.8) is 0 Å². The summed E-state index contributed by atoms with van der Waals surface area (Å²) in [5.74, 6) is 0. The molecular weight excluding hydrogens is 126 g/mol. The maximum atomic E-state index is 5.18. The topological polar surface area (TPSA) is 21.3 Å². The molecule has 1 N–H and O–H groups in total. The minimum absolute atomic E-state index is 0.388. The largest absolute Gasteiger partial charge is 0.383 e. The molecule has 0 spiro atoms. The van der Waals surface area contributed by atoms with Crippen LogP contribution in [0.4, 0.5) is 0 Å². The Hall–Kier alpha value is -0.0800. The van der Waals surface area contributed by atoms with Gasteiger partial charge >= 0.3 is 0 Å². The van der Waals surface area contributed by atoms with Gasteiger partial charge in [-0.1, -0.05) is 0 Å². The molecule has 0 aromatic rings. The molecule has 2 heteroatoms. The fourth-order valence-electron chi connectivity index (χ4n) is 2.35. The van der Waals surface area contributed by atoms with Crippen molar-refractivity contribution in [2.24, 2.45) is 0 Å². The summed E-state index contributed by atoms with van der Waals surface area (Å²) >= 11 is 0. The van der Waals surface area contributed by atoms with Crippen LogP contribution >= 0.6 is 0 Å². The molecule has 2 nitrogen and oxygen atoms in total. The van der Waals surface area contributed by atoms with E-state index in [1.807, 2.05) is 0 Å². The van der Waals surface area contributed by atoms with Crippen LogP contribution in [0, 0.1) is 0 Å². The Morgan fingerprint density at radius 3 is 2.60 bits per heavy atom. The van der Waals surface area contributed by atoms with E-state index in [0.717, 1.165) is 12.6 Å². The Balaban J connectivity index is 2.01. The standard InChI is InChI=1S/C8H15NO/c1-10-6-8-4-2-7(9-8)3-5-8/h7,9H,2-6H2,1H3. The van der Waals surface area contributed by atoms with Gasteiger partial charge in [0.2, 0.25) is 0 Å². The van der Waals surface area contributed by atoms with Crippen LogP contribution in [0.2, 0.25) is 0 Å². The first kappa shape index (κ1) is 6.62. The Kier molecular flexibility index (Phi) is 1.46. The van der Waals surface area contributed by atoms with Gasteiger partial charge in [0.25, 0.3) is 0 Å². The molecule has 0 amide bonds. The van der Waals surface area contributed by atoms with Crippen LogP contribution in [-0.2, 0) is 4.74 Å². The highest BCUT2D eigenvalue weighted by molar-refractivity contribution is 5.04. The summed E-state index contributed by atoms with van der Waals surface area (Å²) in [7, 11) is 1.79. The molecule has 58 valence electrons. The molecule has 0 radical (unpaired) electrons. The summed E-state index contributed by atoms with van der Waals surface area (Å²) in [4.78, 5) is 0. The van der Waals surface area contributed by atoms with E-state index in [1.165, 1.54) is 25.7 Å². The minimum atomic E-state index is 0.388. The zero-order valence-corrected chi connectivity index (χ0v) is 6.52. The van der Waals surface area contributed by atoms with Crippen molar-refractivity contribution >= 4 is 0 Å². The Bertz CT molecular complexity index is 127. The molecule has 0 atom stereocenters. The van der Waals surface area contributed by atoms with Gasteiger partial charge < -0.3 is 10.1 Å². The summed E-state index contributed by atoms with van der Waals surface area (Å²) in [6, 6.07) is 0.815. The Morgan fingerprint density at radius 2 is 2.20 bits per heavy atom. The molecule has 2 aliphatic heterocycles. The second kappa shape index (κ2) is 2.21. The summed E-state index contributed by atoms with van der Waals surface area (Å²) in [5, 5.41) is 3.62. The van der Waals surface area contributed by atoms with E-state index in [4.69, 9.17) is 4.74 Å². The first-order valence-electron chi connectivity index (χ1n) is 4.11. The van der Waals surface area contributed by atoms with Gasteiger partial charge in [0.15, 0.2) is 0 Å². The molecule has 2 saturated heterocycles. The van der Waals surface area contributed by atoms with Gasteiger partial charge in [-0.05, 0) is 25.7 Å². The van der Waals surface area contributed by atoms with Crippen LogP contribution in [0.5, 0.6) is 0 Å². The summed E-state index contributed by atoms with van der Waals surface area (Å²) in [6.45, 7) is 0.906. The van der Waals surface area contributed by atoms with Crippen molar-refractivity contribution in [2.75, 3.05) is 13.7 Å². The molecule has 0 unspecified atom stereocenters. The molecule has 0 saturated carbocycles. The number of nitrogens with one attached hydrogen (secondary N) is 1. The molecule has 0 aromatic heterocycles. The van der Waals surface area contributed by atoms with Crippen LogP contribution in [0.1, 0.15) is 25.7 Å². The maximum absolute atomic E-state index is 5.18. The predicted molar refractivity (Wildman–Crippen MR) is 40.0 cm³/mol. The Labute approximate surface area is 61.9 Å². The average Bonchev–Trinajstić information content (AvgIpc) is 2.46. The number of hydrogen-bond acceptors (Lipinski definition) is 2. The molecule has 2 heterocycles. The van der Waals surface area contributed by atoms with Crippen LogP contribution in [0.15, 0.2) is 0 Å². The van der Waals surface area contributed by atoms with E-state index >= 15 is 0 Å². The molecular formula is C8H15NO. The fourth-order valence-corrected chi connectivity index (χ4v) is 2.35. The first-order chi connectivity index (χ1) is 4.85. The minimum Gasteiger partial charge on any atom is -0.383 e. The van der Waals surface area contributed by atoms with E-state index in [0.29, 0.717) is 5.54 Å². The van der Waals surface area contributed by atoms with Crippen molar-refractivity contribution in [3.8, 4) is 0 Å². The van der Waals surface area contributed by atoms with E-state index in [9.17, 15) is 0 Å². The normalized spacial score (nSPS) is 44.7. The highest BCUT2D eigenvalue weighted by Crippen LogP contribution is 2.37. The zero-order valence-electron chi connectivity index (χ0n) is 6.52. The lowest BCUT2D eigenvalue weighted by atomic mass is 9.89. The lowest BCUT2D eigenvalue weighted by molar-refractivity contribution is 0.124. The van der Waals surface area contributed by atoms with Crippen LogP contribution < -0.4 is 5.32 Å². The highest BCUT2D eigenvalue weighted by atomic mass is 16.5. The lowest BCUT2D eigenvalue weighted by Crippen LogP contribution is -2.40. The second-order valence-corrected chi connectivity index (χ2v) is 3.63. The number of fused-ring (bicyclic) bond motifs is 2. The molecule has 0 aromatic carbocycles. The van der Waals surface area contributed by atoms with Gasteiger partial charge in [0, 0.05) is 18.7 Å². The molecule has 2 rings (SSSR count). The van der Waals surface area contributed by atoms with Gasteiger partial charge in [-0.25, -0.2) is 0 Å². The predicted octanol–water partition coefficient (Wildman–Crippen LogP) is 0.917. The van der Waals surface area contributed by atoms with Gasteiger partial charge in [-0.2, -0.15) is 0 Å². The van der Waals surface area contributed by atoms with Crippen LogP contribution in [-0.4, -0.2) is 25.3 Å². The van der Waals surface area contributed by atoms with Gasteiger partial charge in [0.1, 0.15) is 0 Å². The van der Waals surface area contributed by atoms with Crippen molar-refractivity contribution in [2.45, 2.75) is 37.3 Å². The number of rotatable bonds is 2. The summed E-state index contributed by atoms with van der Waals surface area (Å²) < 4.78 is 5.18. The lowest BCUT2D eigenvalue weighted by Gasteiger charge is -2.24. The third-order valence-corrected chi connectivity index (χ3v) is 2.87. The van der Waals surface area contributed by atoms with Crippen molar-refractivity contribution < 1.29 is 4.74 Å². The highest BCUT2D eigenvalue weighted by Gasteiger charge is 2.43. The van der Waals surface area contributed by atoms with Gasteiger partial charge in [0.05, 0.1) is 6.61 Å². The van der Waals surface area contributed by atoms with Crippen LogP contribution in [0.25, 0.3) is 0 Å². The van der Waals surface area contributed by atoms with E-state index in [2.05, 4.69) is 5.32 Å². The molecule has 0 aliphatic carbocycles. The summed E-state index contributed by atoms with van der Waals surface area (Å²) in [5.41, 5.74) is 0.388. The average molecular weight is 141 g/mol. The van der Waals surface area contributed by atoms with E-state index in [-0.39, 0.29) is 0 Å². The maximum Gasteiger partial charge on any atom is 0.0644 e. The van der Waals surface area contributed by atoms with Crippen molar-refractivity contribution in [1.82, 2.24) is 5.32 Å². The number of hydrogen-bond donors (Lipinski definition) is 1. The second-order valence-electron chi connectivity index (χ2n) is 3.63. The molecule has 2 aliphatic rings. The van der Waals surface area contributed by atoms with E-state index < -0.39 is 0 Å².